The Balaban J connectivity index is 2.37. The first-order valence-electron chi connectivity index (χ1n) is 5.75. The van der Waals surface area contributed by atoms with Gasteiger partial charge in [-0.1, -0.05) is 35.3 Å². The van der Waals surface area contributed by atoms with E-state index in [1.54, 1.807) is 6.07 Å². The molecule has 0 bridgehead atoms. The predicted molar refractivity (Wildman–Crippen MR) is 68.0 cm³/mol. The normalized spacial score (nSPS) is 12.8. The van der Waals surface area contributed by atoms with Crippen LogP contribution >= 0.6 is 15.9 Å². The van der Waals surface area contributed by atoms with E-state index in [0.29, 0.717) is 6.42 Å². The van der Waals surface area contributed by atoms with E-state index >= 15 is 0 Å². The number of hydrogen-bond donors (Lipinski definition) is 1. The van der Waals surface area contributed by atoms with Crippen molar-refractivity contribution in [1.82, 2.24) is 0 Å². The number of halogens is 2. The van der Waals surface area contributed by atoms with E-state index in [9.17, 15) is 9.50 Å². The summed E-state index contributed by atoms with van der Waals surface area (Å²) >= 11 is 3.23. The second-order valence-electron chi connectivity index (χ2n) is 4.07. The Labute approximate surface area is 105 Å². The molecule has 90 valence electrons. The quantitative estimate of drug-likeness (QED) is 0.837. The van der Waals surface area contributed by atoms with E-state index in [2.05, 4.69) is 22.9 Å². The molecule has 1 aromatic carbocycles. The summed E-state index contributed by atoms with van der Waals surface area (Å²) in [6.45, 7) is 2.05. The number of aliphatic hydroxyl groups excluding tert-OH is 1. The molecule has 1 atom stereocenters. The number of aliphatic hydroxyl groups is 1. The molecule has 0 aliphatic carbocycles. The molecule has 1 N–H and O–H groups in total. The van der Waals surface area contributed by atoms with Crippen LogP contribution in [0.3, 0.4) is 0 Å². The Hall–Kier alpha value is -0.410. The topological polar surface area (TPSA) is 20.2 Å². The van der Waals surface area contributed by atoms with Crippen molar-refractivity contribution in [2.45, 2.75) is 45.1 Å². The van der Waals surface area contributed by atoms with Gasteiger partial charge in [-0.05, 0) is 43.4 Å². The summed E-state index contributed by atoms with van der Waals surface area (Å²) in [5.74, 6) is -0.167. The first-order chi connectivity index (χ1) is 7.63. The Bertz CT molecular complexity index is 328. The van der Waals surface area contributed by atoms with Gasteiger partial charge in [0, 0.05) is 4.47 Å². The van der Waals surface area contributed by atoms with Crippen molar-refractivity contribution in [2.24, 2.45) is 0 Å². The van der Waals surface area contributed by atoms with Gasteiger partial charge in [0.05, 0.1) is 6.10 Å². The van der Waals surface area contributed by atoms with Crippen molar-refractivity contribution >= 4 is 15.9 Å². The first kappa shape index (κ1) is 13.7. The lowest BCUT2D eigenvalue weighted by atomic mass is 10.0. The van der Waals surface area contributed by atoms with Crippen LogP contribution in [0.1, 0.15) is 38.2 Å². The molecule has 0 aromatic heterocycles. The van der Waals surface area contributed by atoms with E-state index in [1.807, 2.05) is 6.07 Å². The summed E-state index contributed by atoms with van der Waals surface area (Å²) in [4.78, 5) is 0. The molecule has 0 amide bonds. The van der Waals surface area contributed by atoms with Gasteiger partial charge in [-0.3, -0.25) is 0 Å². The third kappa shape index (κ3) is 4.62. The van der Waals surface area contributed by atoms with Gasteiger partial charge in [-0.15, -0.1) is 0 Å². The first-order valence-corrected chi connectivity index (χ1v) is 6.54. The Morgan fingerprint density at radius 3 is 2.75 bits per heavy atom. The molecule has 1 unspecified atom stereocenters. The third-order valence-electron chi connectivity index (χ3n) is 2.62. The van der Waals surface area contributed by atoms with Gasteiger partial charge >= 0.3 is 0 Å². The zero-order valence-corrected chi connectivity index (χ0v) is 11.1. The lowest BCUT2D eigenvalue weighted by molar-refractivity contribution is 0.151. The molecular formula is C13H18BrFO. The van der Waals surface area contributed by atoms with E-state index in [-0.39, 0.29) is 11.9 Å². The van der Waals surface area contributed by atoms with Crippen LogP contribution in [-0.4, -0.2) is 11.2 Å². The van der Waals surface area contributed by atoms with Crippen LogP contribution in [-0.2, 0) is 6.42 Å². The van der Waals surface area contributed by atoms with Gasteiger partial charge in [0.25, 0.3) is 0 Å². The number of aryl methyl sites for hydroxylation is 1. The fourth-order valence-corrected chi connectivity index (χ4v) is 2.06. The van der Waals surface area contributed by atoms with Crippen LogP contribution in [0.15, 0.2) is 22.7 Å². The predicted octanol–water partition coefficient (Wildman–Crippen LogP) is 4.07. The SMILES string of the molecule is CCCC(O)CCCc1ccc(Br)cc1F. The highest BCUT2D eigenvalue weighted by molar-refractivity contribution is 9.10. The molecule has 0 aliphatic rings. The van der Waals surface area contributed by atoms with E-state index in [4.69, 9.17) is 0 Å². The van der Waals surface area contributed by atoms with E-state index in [0.717, 1.165) is 35.7 Å². The van der Waals surface area contributed by atoms with Crippen LogP contribution in [0.2, 0.25) is 0 Å². The lowest BCUT2D eigenvalue weighted by Crippen LogP contribution is -2.06. The number of hydrogen-bond acceptors (Lipinski definition) is 1. The molecule has 0 saturated carbocycles. The maximum absolute atomic E-state index is 13.4. The van der Waals surface area contributed by atoms with Gasteiger partial charge in [0.2, 0.25) is 0 Å². The molecule has 3 heteroatoms. The minimum atomic E-state index is -0.233. The summed E-state index contributed by atoms with van der Waals surface area (Å²) in [5, 5.41) is 9.54. The zero-order chi connectivity index (χ0) is 12.0. The number of benzene rings is 1. The zero-order valence-electron chi connectivity index (χ0n) is 9.55. The molecule has 0 spiro atoms. The highest BCUT2D eigenvalue weighted by atomic mass is 79.9. The second-order valence-corrected chi connectivity index (χ2v) is 4.99. The smallest absolute Gasteiger partial charge is 0.127 e. The summed E-state index contributed by atoms with van der Waals surface area (Å²) in [7, 11) is 0. The molecule has 16 heavy (non-hydrogen) atoms. The summed E-state index contributed by atoms with van der Waals surface area (Å²) in [6.07, 6.45) is 3.88. The standard InChI is InChI=1S/C13H18BrFO/c1-2-4-12(16)6-3-5-10-7-8-11(14)9-13(10)15/h7-9,12,16H,2-6H2,1H3. The van der Waals surface area contributed by atoms with Crippen molar-refractivity contribution in [3.05, 3.63) is 34.1 Å². The van der Waals surface area contributed by atoms with Crippen LogP contribution in [0.4, 0.5) is 4.39 Å². The average Bonchev–Trinajstić information content (AvgIpc) is 2.22. The minimum Gasteiger partial charge on any atom is -0.393 e. The average molecular weight is 289 g/mol. The summed E-state index contributed by atoms with van der Waals surface area (Å²) < 4.78 is 14.2. The molecule has 0 saturated heterocycles. The van der Waals surface area contributed by atoms with Crippen LogP contribution < -0.4 is 0 Å². The third-order valence-corrected chi connectivity index (χ3v) is 3.11. The van der Waals surface area contributed by atoms with Gasteiger partial charge < -0.3 is 5.11 Å². The van der Waals surface area contributed by atoms with Crippen molar-refractivity contribution in [1.29, 1.82) is 0 Å². The largest absolute Gasteiger partial charge is 0.393 e. The molecular weight excluding hydrogens is 271 g/mol. The van der Waals surface area contributed by atoms with Crippen molar-refractivity contribution in [3.8, 4) is 0 Å². The molecule has 1 rings (SSSR count). The summed E-state index contributed by atoms with van der Waals surface area (Å²) in [6, 6.07) is 5.13. The van der Waals surface area contributed by atoms with Crippen LogP contribution in [0.5, 0.6) is 0 Å². The Morgan fingerprint density at radius 1 is 1.38 bits per heavy atom. The highest BCUT2D eigenvalue weighted by Gasteiger charge is 2.05. The molecule has 0 heterocycles. The van der Waals surface area contributed by atoms with E-state index < -0.39 is 0 Å². The van der Waals surface area contributed by atoms with Crippen molar-refractivity contribution in [2.75, 3.05) is 0 Å². The summed E-state index contributed by atoms with van der Waals surface area (Å²) in [5.41, 5.74) is 0.729. The molecule has 1 aromatic rings. The van der Waals surface area contributed by atoms with Crippen molar-refractivity contribution in [3.63, 3.8) is 0 Å². The van der Waals surface area contributed by atoms with Gasteiger partial charge in [0.15, 0.2) is 0 Å². The minimum absolute atomic E-state index is 0.167. The number of rotatable bonds is 6. The van der Waals surface area contributed by atoms with E-state index in [1.165, 1.54) is 6.07 Å². The molecule has 0 fully saturated rings. The second kappa shape index (κ2) is 7.02. The highest BCUT2D eigenvalue weighted by Crippen LogP contribution is 2.17. The molecule has 0 aliphatic heterocycles. The Kier molecular flexibility index (Phi) is 5.99. The Morgan fingerprint density at radius 2 is 2.12 bits per heavy atom. The maximum atomic E-state index is 13.4. The fourth-order valence-electron chi connectivity index (χ4n) is 1.73. The monoisotopic (exact) mass is 288 g/mol. The fraction of sp³-hybridized carbons (Fsp3) is 0.538. The van der Waals surface area contributed by atoms with Gasteiger partial charge in [0.1, 0.15) is 5.82 Å². The van der Waals surface area contributed by atoms with Crippen LogP contribution in [0, 0.1) is 5.82 Å². The lowest BCUT2D eigenvalue weighted by Gasteiger charge is -2.09. The molecule has 0 radical (unpaired) electrons. The maximum Gasteiger partial charge on any atom is 0.127 e. The van der Waals surface area contributed by atoms with Crippen molar-refractivity contribution < 1.29 is 9.50 Å². The van der Waals surface area contributed by atoms with Crippen LogP contribution in [0.25, 0.3) is 0 Å². The van der Waals surface area contributed by atoms with Gasteiger partial charge in [-0.2, -0.15) is 0 Å². The molecule has 1 nitrogen and oxygen atoms in total. The van der Waals surface area contributed by atoms with Gasteiger partial charge in [-0.25, -0.2) is 4.39 Å².